The van der Waals surface area contributed by atoms with E-state index < -0.39 is 12.1 Å². The molecule has 0 aromatic carbocycles. The second-order valence-corrected chi connectivity index (χ2v) is 4.81. The summed E-state index contributed by atoms with van der Waals surface area (Å²) >= 11 is 0. The van der Waals surface area contributed by atoms with Crippen LogP contribution in [0.1, 0.15) is 38.5 Å². The Labute approximate surface area is 100 Å². The molecule has 1 atom stereocenters. The van der Waals surface area contributed by atoms with Crippen molar-refractivity contribution in [1.82, 2.24) is 4.90 Å². The lowest BCUT2D eigenvalue weighted by atomic mass is 10.0. The molecule has 0 saturated heterocycles. The molecule has 1 unspecified atom stereocenters. The Balaban J connectivity index is 2.51. The molecule has 98 valence electrons. The SMILES string of the molecule is CN(CC(C#N)C(F)(F)F)C1CCCCCC1. The van der Waals surface area contributed by atoms with Crippen molar-refractivity contribution in [1.29, 1.82) is 5.26 Å². The Morgan fingerprint density at radius 1 is 1.24 bits per heavy atom. The number of alkyl halides is 3. The molecule has 1 aliphatic carbocycles. The van der Waals surface area contributed by atoms with Crippen LogP contribution in [-0.4, -0.2) is 30.7 Å². The quantitative estimate of drug-likeness (QED) is 0.716. The molecule has 0 aromatic rings. The molecule has 0 aliphatic heterocycles. The molecule has 0 heterocycles. The number of rotatable bonds is 3. The minimum Gasteiger partial charge on any atom is -0.302 e. The fraction of sp³-hybridized carbons (Fsp3) is 0.917. The highest BCUT2D eigenvalue weighted by atomic mass is 19.4. The first kappa shape index (κ1) is 14.3. The lowest BCUT2D eigenvalue weighted by Crippen LogP contribution is -2.39. The van der Waals surface area contributed by atoms with Crippen molar-refractivity contribution in [2.24, 2.45) is 5.92 Å². The van der Waals surface area contributed by atoms with E-state index in [0.29, 0.717) is 0 Å². The summed E-state index contributed by atoms with van der Waals surface area (Å²) in [5.41, 5.74) is 0. The molecule has 1 rings (SSSR count). The van der Waals surface area contributed by atoms with Crippen LogP contribution in [0, 0.1) is 17.2 Å². The van der Waals surface area contributed by atoms with E-state index in [1.807, 2.05) is 0 Å². The number of nitriles is 1. The third-order valence-corrected chi connectivity index (χ3v) is 3.47. The van der Waals surface area contributed by atoms with Gasteiger partial charge in [0, 0.05) is 12.6 Å². The van der Waals surface area contributed by atoms with E-state index in [1.54, 1.807) is 11.9 Å². The normalized spacial score (nSPS) is 20.9. The van der Waals surface area contributed by atoms with Crippen LogP contribution in [-0.2, 0) is 0 Å². The van der Waals surface area contributed by atoms with Gasteiger partial charge in [0.15, 0.2) is 5.92 Å². The van der Waals surface area contributed by atoms with Crippen molar-refractivity contribution < 1.29 is 13.2 Å². The number of hydrogen-bond acceptors (Lipinski definition) is 2. The van der Waals surface area contributed by atoms with E-state index in [4.69, 9.17) is 5.26 Å². The van der Waals surface area contributed by atoms with Crippen molar-refractivity contribution in [3.05, 3.63) is 0 Å². The Hall–Kier alpha value is -0.760. The van der Waals surface area contributed by atoms with Gasteiger partial charge in [-0.15, -0.1) is 0 Å². The molecular formula is C12H19F3N2. The molecule has 0 amide bonds. The fourth-order valence-electron chi connectivity index (χ4n) is 2.35. The third kappa shape index (κ3) is 4.55. The van der Waals surface area contributed by atoms with Gasteiger partial charge in [-0.25, -0.2) is 0 Å². The fourth-order valence-corrected chi connectivity index (χ4v) is 2.35. The standard InChI is InChI=1S/C12H19F3N2/c1-17(9-10(8-16)12(13,14)15)11-6-4-2-3-5-7-11/h10-11H,2-7,9H2,1H3. The maximum atomic E-state index is 12.5. The molecule has 1 fully saturated rings. The van der Waals surface area contributed by atoms with Crippen molar-refractivity contribution in [3.63, 3.8) is 0 Å². The van der Waals surface area contributed by atoms with Crippen LogP contribution in [0.5, 0.6) is 0 Å². The molecular weight excluding hydrogens is 229 g/mol. The van der Waals surface area contributed by atoms with Gasteiger partial charge in [-0.05, 0) is 19.9 Å². The molecule has 0 aromatic heterocycles. The van der Waals surface area contributed by atoms with E-state index in [1.165, 1.54) is 18.9 Å². The maximum absolute atomic E-state index is 12.5. The first-order valence-electron chi connectivity index (χ1n) is 6.11. The summed E-state index contributed by atoms with van der Waals surface area (Å²) in [6.45, 7) is -0.204. The van der Waals surface area contributed by atoms with Gasteiger partial charge in [0.05, 0.1) is 6.07 Å². The average Bonchev–Trinajstić information content (AvgIpc) is 2.52. The molecule has 0 bridgehead atoms. The summed E-state index contributed by atoms with van der Waals surface area (Å²) in [7, 11) is 1.70. The Morgan fingerprint density at radius 2 is 1.76 bits per heavy atom. The zero-order valence-corrected chi connectivity index (χ0v) is 10.1. The summed E-state index contributed by atoms with van der Waals surface area (Å²) in [6, 6.07) is 1.57. The van der Waals surface area contributed by atoms with E-state index >= 15 is 0 Å². The number of nitrogens with zero attached hydrogens (tertiary/aromatic N) is 2. The lowest BCUT2D eigenvalue weighted by molar-refractivity contribution is -0.163. The molecule has 1 saturated carbocycles. The van der Waals surface area contributed by atoms with Gasteiger partial charge >= 0.3 is 6.18 Å². The monoisotopic (exact) mass is 248 g/mol. The first-order chi connectivity index (χ1) is 7.95. The Morgan fingerprint density at radius 3 is 2.18 bits per heavy atom. The molecule has 5 heteroatoms. The van der Waals surface area contributed by atoms with Crippen molar-refractivity contribution in [3.8, 4) is 6.07 Å². The highest BCUT2D eigenvalue weighted by molar-refractivity contribution is 4.91. The predicted octanol–water partition coefficient (Wildman–Crippen LogP) is 3.34. The minimum atomic E-state index is -4.41. The largest absolute Gasteiger partial charge is 0.405 e. The Bertz CT molecular complexity index is 262. The van der Waals surface area contributed by atoms with E-state index in [2.05, 4.69) is 0 Å². The summed E-state index contributed by atoms with van der Waals surface area (Å²) in [5, 5.41) is 8.57. The molecule has 0 spiro atoms. The van der Waals surface area contributed by atoms with Gasteiger partial charge < -0.3 is 4.90 Å². The second-order valence-electron chi connectivity index (χ2n) is 4.81. The highest BCUT2D eigenvalue weighted by Gasteiger charge is 2.41. The first-order valence-corrected chi connectivity index (χ1v) is 6.11. The van der Waals surface area contributed by atoms with Crippen LogP contribution in [0.15, 0.2) is 0 Å². The van der Waals surface area contributed by atoms with Crippen molar-refractivity contribution in [2.45, 2.75) is 50.7 Å². The summed E-state index contributed by atoms with van der Waals surface area (Å²) in [4.78, 5) is 1.71. The maximum Gasteiger partial charge on any atom is 0.405 e. The highest BCUT2D eigenvalue weighted by Crippen LogP contribution is 2.28. The van der Waals surface area contributed by atoms with Crippen LogP contribution in [0.3, 0.4) is 0 Å². The van der Waals surface area contributed by atoms with Crippen molar-refractivity contribution >= 4 is 0 Å². The van der Waals surface area contributed by atoms with Gasteiger partial charge in [-0.3, -0.25) is 0 Å². The molecule has 1 aliphatic rings. The molecule has 2 nitrogen and oxygen atoms in total. The van der Waals surface area contributed by atoms with Crippen LogP contribution in [0.2, 0.25) is 0 Å². The van der Waals surface area contributed by atoms with Gasteiger partial charge in [-0.2, -0.15) is 18.4 Å². The molecule has 17 heavy (non-hydrogen) atoms. The predicted molar refractivity (Wildman–Crippen MR) is 59.3 cm³/mol. The zero-order valence-electron chi connectivity index (χ0n) is 10.1. The van der Waals surface area contributed by atoms with Gasteiger partial charge in [0.25, 0.3) is 0 Å². The molecule has 0 radical (unpaired) electrons. The summed E-state index contributed by atoms with van der Waals surface area (Å²) in [5.74, 6) is -1.87. The van der Waals surface area contributed by atoms with E-state index in [9.17, 15) is 13.2 Å². The van der Waals surface area contributed by atoms with Crippen LogP contribution < -0.4 is 0 Å². The summed E-state index contributed by atoms with van der Waals surface area (Å²) < 4.78 is 37.4. The number of halogens is 3. The average molecular weight is 248 g/mol. The van der Waals surface area contributed by atoms with Gasteiger partial charge in [0.1, 0.15) is 0 Å². The smallest absolute Gasteiger partial charge is 0.302 e. The number of hydrogen-bond donors (Lipinski definition) is 0. The second kappa shape index (κ2) is 6.25. The van der Waals surface area contributed by atoms with E-state index in [0.717, 1.165) is 25.7 Å². The van der Waals surface area contributed by atoms with Crippen LogP contribution in [0.4, 0.5) is 13.2 Å². The van der Waals surface area contributed by atoms with E-state index in [-0.39, 0.29) is 12.6 Å². The van der Waals surface area contributed by atoms with Gasteiger partial charge in [-0.1, -0.05) is 25.7 Å². The van der Waals surface area contributed by atoms with Gasteiger partial charge in [0.2, 0.25) is 0 Å². The topological polar surface area (TPSA) is 27.0 Å². The summed E-state index contributed by atoms with van der Waals surface area (Å²) in [6.07, 6.45) is 2.00. The third-order valence-electron chi connectivity index (χ3n) is 3.47. The minimum absolute atomic E-state index is 0.204. The molecule has 0 N–H and O–H groups in total. The van der Waals surface area contributed by atoms with Crippen LogP contribution in [0.25, 0.3) is 0 Å². The zero-order chi connectivity index (χ0) is 12.9. The Kier molecular flexibility index (Phi) is 5.26. The van der Waals surface area contributed by atoms with Crippen LogP contribution >= 0.6 is 0 Å². The lowest BCUT2D eigenvalue weighted by Gasteiger charge is -2.29. The van der Waals surface area contributed by atoms with Crippen molar-refractivity contribution in [2.75, 3.05) is 13.6 Å².